The van der Waals surface area contributed by atoms with Crippen molar-refractivity contribution in [3.63, 3.8) is 0 Å². The van der Waals surface area contributed by atoms with Gasteiger partial charge in [-0.25, -0.2) is 0 Å². The summed E-state index contributed by atoms with van der Waals surface area (Å²) < 4.78 is 0. The van der Waals surface area contributed by atoms with Crippen molar-refractivity contribution in [2.24, 2.45) is 0 Å². The molecule has 0 spiro atoms. The zero-order valence-electron chi connectivity index (χ0n) is 10.6. The summed E-state index contributed by atoms with van der Waals surface area (Å²) in [6.07, 6.45) is 0. The van der Waals surface area contributed by atoms with E-state index in [0.29, 0.717) is 10.3 Å². The molecule has 0 N–H and O–H groups in total. The molecule has 0 amide bonds. The lowest BCUT2D eigenvalue weighted by Crippen LogP contribution is -2.19. The first-order valence-electron chi connectivity index (χ1n) is 4.97. The predicted molar refractivity (Wildman–Crippen MR) is 72.3 cm³/mol. The highest BCUT2D eigenvalue weighted by Crippen LogP contribution is 2.57. The zero-order valence-corrected chi connectivity index (χ0v) is 12.4. The molecular formula is C10H25BP2. The van der Waals surface area contributed by atoms with Crippen molar-refractivity contribution in [1.29, 1.82) is 0 Å². The second-order valence-electron chi connectivity index (χ2n) is 5.88. The molecule has 0 aliphatic carbocycles. The van der Waals surface area contributed by atoms with Crippen LogP contribution >= 0.6 is 15.6 Å². The second-order valence-corrected chi connectivity index (χ2v) is 12.5. The third-order valence-corrected chi connectivity index (χ3v) is 10.7. The summed E-state index contributed by atoms with van der Waals surface area (Å²) in [6, 6.07) is 0. The number of hydrogen-bond donors (Lipinski definition) is 0. The molecule has 0 fully saturated rings. The predicted octanol–water partition coefficient (Wildman–Crippen LogP) is 4.07. The molecule has 0 aromatic rings. The molecule has 0 aromatic carbocycles. The summed E-state index contributed by atoms with van der Waals surface area (Å²) in [7, 11) is 0.407. The van der Waals surface area contributed by atoms with Crippen LogP contribution in [0.4, 0.5) is 0 Å². The van der Waals surface area contributed by atoms with E-state index in [1.807, 2.05) is 0 Å². The van der Waals surface area contributed by atoms with Crippen molar-refractivity contribution in [1.82, 2.24) is 0 Å². The van der Waals surface area contributed by atoms with Crippen LogP contribution in [0.15, 0.2) is 0 Å². The molecule has 0 nitrogen and oxygen atoms in total. The third kappa shape index (κ3) is 5.39. The molecular weight excluding hydrogens is 193 g/mol. The second kappa shape index (κ2) is 4.63. The first kappa shape index (κ1) is 13.9. The van der Waals surface area contributed by atoms with Crippen LogP contribution in [0.25, 0.3) is 0 Å². The first-order valence-corrected chi connectivity index (χ1v) is 8.92. The maximum absolute atomic E-state index is 2.46. The fourth-order valence-corrected chi connectivity index (χ4v) is 6.68. The van der Waals surface area contributed by atoms with Crippen LogP contribution in [-0.2, 0) is 0 Å². The summed E-state index contributed by atoms with van der Waals surface area (Å²) in [6.45, 7) is 20.7. The van der Waals surface area contributed by atoms with Crippen molar-refractivity contribution < 1.29 is 0 Å². The number of hydrogen-bond acceptors (Lipinski definition) is 0. The molecule has 2 unspecified atom stereocenters. The van der Waals surface area contributed by atoms with Gasteiger partial charge >= 0.3 is 0 Å². The maximum atomic E-state index is 2.46. The van der Waals surface area contributed by atoms with Gasteiger partial charge in [0.2, 0.25) is 0 Å². The normalized spacial score (nSPS) is 18.2. The summed E-state index contributed by atoms with van der Waals surface area (Å²) in [5, 5.41) is 1.08. The maximum Gasteiger partial charge on any atom is 0.182 e. The standard InChI is InChI=1S/C10H25BP2/c1-9(2,3)12(7)11-13(8)10(4,5)6/h11H,1-8H3. The van der Waals surface area contributed by atoms with E-state index >= 15 is 0 Å². The molecule has 2 atom stereocenters. The van der Waals surface area contributed by atoms with Crippen molar-refractivity contribution in [2.45, 2.75) is 51.9 Å². The lowest BCUT2D eigenvalue weighted by molar-refractivity contribution is 0.791. The summed E-state index contributed by atoms with van der Waals surface area (Å²) >= 11 is 0. The van der Waals surface area contributed by atoms with Crippen LogP contribution in [0.1, 0.15) is 41.5 Å². The van der Waals surface area contributed by atoms with Crippen LogP contribution in [0.3, 0.4) is 0 Å². The van der Waals surface area contributed by atoms with E-state index in [0.717, 1.165) is 0 Å². The topological polar surface area (TPSA) is 0 Å². The molecule has 0 aliphatic heterocycles. The van der Waals surface area contributed by atoms with Gasteiger partial charge in [-0.15, -0.1) is 15.6 Å². The van der Waals surface area contributed by atoms with Gasteiger partial charge in [0.05, 0.1) is 0 Å². The molecule has 0 bridgehead atoms. The third-order valence-electron chi connectivity index (χ3n) is 2.71. The SMILES string of the molecule is CP(BP(C)C(C)(C)C)C(C)(C)C. The molecule has 0 radical (unpaired) electrons. The molecule has 0 rings (SSSR count). The highest BCUT2D eigenvalue weighted by molar-refractivity contribution is 8.15. The molecule has 3 heteroatoms. The molecule has 0 heterocycles. The highest BCUT2D eigenvalue weighted by Gasteiger charge is 2.27. The van der Waals surface area contributed by atoms with Crippen molar-refractivity contribution >= 4 is 22.3 Å². The van der Waals surface area contributed by atoms with Gasteiger partial charge in [-0.3, -0.25) is 0 Å². The van der Waals surface area contributed by atoms with E-state index in [1.165, 1.54) is 6.72 Å². The molecule has 0 saturated heterocycles. The quantitative estimate of drug-likeness (QED) is 0.484. The van der Waals surface area contributed by atoms with Crippen LogP contribution in [0.5, 0.6) is 0 Å². The molecule has 0 aromatic heterocycles. The average Bonchev–Trinajstić information content (AvgIpc) is 1.82. The van der Waals surface area contributed by atoms with Gasteiger partial charge in [-0.2, -0.15) is 0 Å². The molecule has 13 heavy (non-hydrogen) atoms. The van der Waals surface area contributed by atoms with E-state index in [-0.39, 0.29) is 15.6 Å². The first-order chi connectivity index (χ1) is 5.55. The van der Waals surface area contributed by atoms with Crippen molar-refractivity contribution in [3.8, 4) is 0 Å². The Hall–Kier alpha value is 0.925. The van der Waals surface area contributed by atoms with Gasteiger partial charge in [-0.05, 0) is 10.3 Å². The summed E-state index contributed by atoms with van der Waals surface area (Å²) in [5.41, 5.74) is 0. The van der Waals surface area contributed by atoms with E-state index in [4.69, 9.17) is 0 Å². The van der Waals surface area contributed by atoms with Gasteiger partial charge in [0.15, 0.2) is 6.72 Å². The van der Waals surface area contributed by atoms with Crippen molar-refractivity contribution in [3.05, 3.63) is 0 Å². The average molecular weight is 218 g/mol. The van der Waals surface area contributed by atoms with E-state index in [9.17, 15) is 0 Å². The number of rotatable bonds is 2. The van der Waals surface area contributed by atoms with Crippen LogP contribution in [-0.4, -0.2) is 30.4 Å². The van der Waals surface area contributed by atoms with E-state index < -0.39 is 0 Å². The minimum Gasteiger partial charge on any atom is -0.136 e. The van der Waals surface area contributed by atoms with E-state index in [1.54, 1.807) is 0 Å². The Labute approximate surface area is 87.9 Å². The highest BCUT2D eigenvalue weighted by atomic mass is 31.2. The van der Waals surface area contributed by atoms with Gasteiger partial charge < -0.3 is 0 Å². The monoisotopic (exact) mass is 218 g/mol. The Bertz CT molecular complexity index is 137. The largest absolute Gasteiger partial charge is 0.182 e. The van der Waals surface area contributed by atoms with Crippen LogP contribution in [0.2, 0.25) is 0 Å². The lowest BCUT2D eigenvalue weighted by atomic mass is 10.2. The fraction of sp³-hybridized carbons (Fsp3) is 1.00. The molecule has 78 valence electrons. The smallest absolute Gasteiger partial charge is 0.136 e. The Morgan fingerprint density at radius 2 is 0.923 bits per heavy atom. The summed E-state index contributed by atoms with van der Waals surface area (Å²) in [4.78, 5) is 0. The van der Waals surface area contributed by atoms with Gasteiger partial charge in [0.25, 0.3) is 0 Å². The summed E-state index contributed by atoms with van der Waals surface area (Å²) in [5.74, 6) is 0. The van der Waals surface area contributed by atoms with Gasteiger partial charge in [0.1, 0.15) is 0 Å². The molecule has 0 saturated carbocycles. The van der Waals surface area contributed by atoms with E-state index in [2.05, 4.69) is 54.9 Å². The Kier molecular flexibility index (Phi) is 4.96. The van der Waals surface area contributed by atoms with Crippen LogP contribution in [0, 0.1) is 0 Å². The van der Waals surface area contributed by atoms with Gasteiger partial charge in [0, 0.05) is 0 Å². The minimum atomic E-state index is 0.204. The Morgan fingerprint density at radius 1 is 0.692 bits per heavy atom. The van der Waals surface area contributed by atoms with Crippen LogP contribution < -0.4 is 0 Å². The van der Waals surface area contributed by atoms with Crippen molar-refractivity contribution in [2.75, 3.05) is 13.3 Å². The molecule has 0 aliphatic rings. The fourth-order valence-electron chi connectivity index (χ4n) is 0.742. The van der Waals surface area contributed by atoms with Gasteiger partial charge in [-0.1, -0.05) is 54.9 Å². The Morgan fingerprint density at radius 3 is 1.08 bits per heavy atom. The lowest BCUT2D eigenvalue weighted by Gasteiger charge is -2.35. The minimum absolute atomic E-state index is 0.204. The Balaban J connectivity index is 4.15. The zero-order chi connectivity index (χ0) is 10.9.